The van der Waals surface area contributed by atoms with Crippen molar-refractivity contribution in [3.05, 3.63) is 172 Å². The summed E-state index contributed by atoms with van der Waals surface area (Å²) in [7, 11) is 2.91. The number of ether oxygens (including phenoxy) is 3. The van der Waals surface area contributed by atoms with E-state index in [-0.39, 0.29) is 77.5 Å². The van der Waals surface area contributed by atoms with Crippen LogP contribution < -0.4 is 31.2 Å². The number of aromatic nitrogens is 2. The van der Waals surface area contributed by atoms with Crippen LogP contribution in [-0.4, -0.2) is 108 Å². The number of carboxylic acids is 1. The second-order valence-corrected chi connectivity index (χ2v) is 26.6. The van der Waals surface area contributed by atoms with Crippen molar-refractivity contribution in [2.24, 2.45) is 11.8 Å². The highest BCUT2D eigenvalue weighted by molar-refractivity contribution is 5.84. The maximum Gasteiger partial charge on any atom is 0.416 e. The van der Waals surface area contributed by atoms with Crippen molar-refractivity contribution < 1.29 is 82.4 Å². The summed E-state index contributed by atoms with van der Waals surface area (Å²) < 4.78 is 167. The summed E-state index contributed by atoms with van der Waals surface area (Å²) in [5.74, 6) is -7.93. The summed E-state index contributed by atoms with van der Waals surface area (Å²) >= 11 is 0. The Morgan fingerprint density at radius 1 is 0.550 bits per heavy atom. The van der Waals surface area contributed by atoms with Gasteiger partial charge in [-0.05, 0) is 205 Å². The van der Waals surface area contributed by atoms with Crippen LogP contribution in [0.3, 0.4) is 0 Å². The summed E-state index contributed by atoms with van der Waals surface area (Å²) in [5, 5.41) is 14.8. The first-order valence-corrected chi connectivity index (χ1v) is 33.3. The largest absolute Gasteiger partial charge is 0.496 e. The molecule has 0 spiro atoms. The predicted molar refractivity (Wildman–Crippen MR) is 358 cm³/mol. The van der Waals surface area contributed by atoms with Gasteiger partial charge in [-0.3, -0.25) is 28.8 Å². The van der Waals surface area contributed by atoms with Crippen LogP contribution in [0.1, 0.15) is 164 Å². The fourth-order valence-electron chi connectivity index (χ4n) is 13.0. The maximum atomic E-state index is 16.8. The van der Waals surface area contributed by atoms with E-state index in [2.05, 4.69) is 10.6 Å². The van der Waals surface area contributed by atoms with E-state index in [1.165, 1.54) is 40.2 Å². The molecule has 4 heterocycles. The number of pyridine rings is 2. The number of nitrogens with zero attached hydrogens (tertiary/aromatic N) is 4. The highest BCUT2D eigenvalue weighted by Gasteiger charge is 2.40. The zero-order chi connectivity index (χ0) is 74.2. The van der Waals surface area contributed by atoms with Gasteiger partial charge in [-0.15, -0.1) is 0 Å². The monoisotopic (exact) mass is 1410 g/mol. The highest BCUT2D eigenvalue weighted by atomic mass is 19.4. The normalized spacial score (nSPS) is 14.7. The van der Waals surface area contributed by atoms with Gasteiger partial charge in [-0.25, -0.2) is 17.6 Å². The van der Waals surface area contributed by atoms with Crippen molar-refractivity contribution in [2.45, 2.75) is 164 Å². The number of carbonyl (C=O) groups is 4. The van der Waals surface area contributed by atoms with Crippen LogP contribution in [0.2, 0.25) is 0 Å². The molecule has 100 heavy (non-hydrogen) atoms. The van der Waals surface area contributed by atoms with E-state index in [0.29, 0.717) is 70.1 Å². The molecule has 0 saturated carbocycles. The fourth-order valence-corrected chi connectivity index (χ4v) is 13.0. The third-order valence-electron chi connectivity index (χ3n) is 18.3. The molecule has 8 rings (SSSR count). The molecule has 2 aromatic heterocycles. The first-order chi connectivity index (χ1) is 46.9. The molecule has 16 nitrogen and oxygen atoms in total. The molecule has 26 heteroatoms. The average Bonchev–Trinajstić information content (AvgIpc) is 0.806. The summed E-state index contributed by atoms with van der Waals surface area (Å²) in [6.07, 6.45) is -7.30. The first kappa shape index (κ1) is 78.8. The smallest absolute Gasteiger partial charge is 0.416 e. The quantitative estimate of drug-likeness (QED) is 0.0327. The molecule has 2 amide bonds. The number of hydrogen-bond donors (Lipinski definition) is 3. The van der Waals surface area contributed by atoms with E-state index < -0.39 is 130 Å². The summed E-state index contributed by atoms with van der Waals surface area (Å²) in [4.78, 5) is 83.6. The van der Waals surface area contributed by atoms with E-state index in [1.807, 2.05) is 9.80 Å². The number of nitrogens with one attached hydrogen (secondary N) is 2. The lowest BCUT2D eigenvalue weighted by Gasteiger charge is -2.31. The zero-order valence-corrected chi connectivity index (χ0v) is 58.5. The van der Waals surface area contributed by atoms with Gasteiger partial charge in [0, 0.05) is 59.9 Å². The fraction of sp³-hybridized carbons (Fsp3) is 0.486. The van der Waals surface area contributed by atoms with Crippen molar-refractivity contribution in [3.63, 3.8) is 0 Å². The third kappa shape index (κ3) is 18.5. The van der Waals surface area contributed by atoms with E-state index >= 15 is 17.6 Å². The molecule has 0 bridgehead atoms. The van der Waals surface area contributed by atoms with Gasteiger partial charge in [0.15, 0.2) is 0 Å². The lowest BCUT2D eigenvalue weighted by Crippen LogP contribution is -2.41. The number of carbonyl (C=O) groups excluding carboxylic acids is 3. The van der Waals surface area contributed by atoms with E-state index in [4.69, 9.17) is 14.2 Å². The van der Waals surface area contributed by atoms with E-state index in [1.54, 1.807) is 86.6 Å². The molecule has 3 N–H and O–H groups in total. The molecular weight excluding hydrogens is 1320 g/mol. The Morgan fingerprint density at radius 2 is 0.920 bits per heavy atom. The van der Waals surface area contributed by atoms with Crippen LogP contribution >= 0.6 is 0 Å². The van der Waals surface area contributed by atoms with Crippen LogP contribution in [0, 0.1) is 76.6 Å². The van der Waals surface area contributed by atoms with Crippen LogP contribution in [0.5, 0.6) is 11.5 Å². The molecule has 0 radical (unpaired) electrons. The van der Waals surface area contributed by atoms with Crippen LogP contribution in [0.4, 0.5) is 43.9 Å². The number of carboxylic acid groups (broad SMARTS) is 1. The molecule has 6 aromatic rings. The Kier molecular flexibility index (Phi) is 26.3. The van der Waals surface area contributed by atoms with Crippen molar-refractivity contribution in [3.8, 4) is 33.8 Å². The van der Waals surface area contributed by atoms with Crippen LogP contribution in [0.15, 0.2) is 70.5 Å². The lowest BCUT2D eigenvalue weighted by atomic mass is 9.89. The van der Waals surface area contributed by atoms with Gasteiger partial charge in [0.25, 0.3) is 11.1 Å². The van der Waals surface area contributed by atoms with Crippen LogP contribution in [-0.2, 0) is 49.1 Å². The number of esters is 1. The third-order valence-corrected chi connectivity index (χ3v) is 18.3. The summed E-state index contributed by atoms with van der Waals surface area (Å²) in [6.45, 7) is 21.9. The van der Waals surface area contributed by atoms with Gasteiger partial charge < -0.3 is 48.9 Å². The minimum atomic E-state index is -4.82. The van der Waals surface area contributed by atoms with Gasteiger partial charge in [0.05, 0.1) is 56.9 Å². The minimum Gasteiger partial charge on any atom is -0.496 e. The number of amides is 2. The number of alkyl halides is 6. The van der Waals surface area contributed by atoms with E-state index in [9.17, 15) is 60.2 Å². The number of methoxy groups -OCH3 is 2. The van der Waals surface area contributed by atoms with Crippen LogP contribution in [0.25, 0.3) is 22.3 Å². The molecule has 2 fully saturated rings. The molecule has 544 valence electrons. The van der Waals surface area contributed by atoms with Gasteiger partial charge in [0.1, 0.15) is 46.9 Å². The molecule has 0 aliphatic carbocycles. The predicted octanol–water partition coefficient (Wildman–Crippen LogP) is 14.3. The molecule has 2 aliphatic heterocycles. The van der Waals surface area contributed by atoms with Crippen molar-refractivity contribution in [2.75, 3.05) is 60.1 Å². The second-order valence-electron chi connectivity index (χ2n) is 26.6. The summed E-state index contributed by atoms with van der Waals surface area (Å²) in [6, 6.07) is 4.33. The molecule has 2 saturated heterocycles. The Morgan fingerprint density at radius 3 is 1.23 bits per heavy atom. The Labute approximate surface area is 575 Å². The second kappa shape index (κ2) is 33.3. The number of likely N-dealkylation sites (tertiary alicyclic amines) is 2. The van der Waals surface area contributed by atoms with Crippen molar-refractivity contribution >= 4 is 23.8 Å². The molecule has 2 unspecified atom stereocenters. The number of aliphatic carboxylic acids is 1. The number of halogens is 10. The van der Waals surface area contributed by atoms with E-state index in [0.717, 1.165) is 60.5 Å². The minimum absolute atomic E-state index is 0.00102. The van der Waals surface area contributed by atoms with Gasteiger partial charge in [-0.1, -0.05) is 39.8 Å². The summed E-state index contributed by atoms with van der Waals surface area (Å²) in [5.41, 5.74) is -2.62. The van der Waals surface area contributed by atoms with Crippen molar-refractivity contribution in [1.29, 1.82) is 0 Å². The highest BCUT2D eigenvalue weighted by Crippen LogP contribution is 2.43. The van der Waals surface area contributed by atoms with Gasteiger partial charge >= 0.3 is 24.3 Å². The average molecular weight is 1410 g/mol. The maximum absolute atomic E-state index is 16.8. The molecular formula is C74H88F10N6O10. The Hall–Kier alpha value is -8.52. The topological polar surface area (TPSA) is 191 Å². The van der Waals surface area contributed by atoms with Gasteiger partial charge in [-0.2, -0.15) is 26.3 Å². The zero-order valence-electron chi connectivity index (χ0n) is 58.5. The molecule has 4 aromatic carbocycles. The number of hydrogen-bond acceptors (Lipinski definition) is 11. The van der Waals surface area contributed by atoms with Crippen molar-refractivity contribution in [1.82, 2.24) is 29.6 Å². The first-order valence-electron chi connectivity index (χ1n) is 33.3. The Balaban J connectivity index is 0.000000281. The standard InChI is InChI=1S/C38H46F5N3O5.C36H42F5N3O5/c1-8-51-32(48)19-28(34-35(39)23(5)17-26(36(34)40)33-22(4)10-11-30(50-7)24(33)6)44-37(49)29(16-21(2)3)46-20-25(12-15-45-13-9-14-45)27(18-31(46)47)38(41,42)43;1-19(2)14-27(44-18-23(10-13-43-11-7-12-43)25(16-29(44)45)36(39,40)41)35(48)42-26(17-30(46)47)32-33(37)21(4)15-24(34(32)38)31-20(3)8-9-28(49-6)22(31)5/h10-11,17-18,20-21,28-29H,8-9,12-16,19H2,1-7H3,(H,44,49);8-9,15-16,18-19,26-27H,7,10-14,17H2,1-6H3,(H,42,48)(H,46,47)/t28-,29?;26-,27?/m00/s1. The molecule has 2 aliphatic rings. The number of benzene rings is 4. The molecule has 4 atom stereocenters. The Bertz CT molecular complexity index is 4120. The van der Waals surface area contributed by atoms with Gasteiger partial charge in [0.2, 0.25) is 11.8 Å². The number of aryl methyl sites for hydroxylation is 4. The number of rotatable bonds is 27. The SMILES string of the molecule is CCOC(=O)C[C@H](NC(=O)C(CC(C)C)n1cc(CCN2CCC2)c(C(F)(F)F)cc1=O)c1c(F)c(C)cc(-c2c(C)ccc(OC)c2C)c1F.COc1ccc(C)c(-c2cc(C)c(F)c([C@H](CC(=O)O)NC(=O)C(CC(C)C)n3cc(CCN4CCC4)c(C(F)(F)F)cc3=O)c2F)c1C. The lowest BCUT2D eigenvalue weighted by molar-refractivity contribution is -0.144.